The Bertz CT molecular complexity index is 614. The number of halogens is 1. The highest BCUT2D eigenvalue weighted by atomic mass is 35.5. The lowest BCUT2D eigenvalue weighted by Gasteiger charge is -2.20. The standard InChI is InChI=1S/C12H18ClN3O3S/c1-12(2,11(15)17)7-16-20(18,19)9-4-3-8(6-14)10(13)5-9/h3-5,16H,6-7,14H2,1-2H3,(H2,15,17). The molecule has 0 aromatic heterocycles. The van der Waals surface area contributed by atoms with Gasteiger partial charge in [-0.15, -0.1) is 0 Å². The van der Waals surface area contributed by atoms with Gasteiger partial charge in [0.15, 0.2) is 0 Å². The third-order valence-corrected chi connectivity index (χ3v) is 4.68. The number of sulfonamides is 1. The molecule has 5 N–H and O–H groups in total. The Labute approximate surface area is 123 Å². The molecule has 6 nitrogen and oxygen atoms in total. The van der Waals surface area contributed by atoms with Crippen LogP contribution in [0.3, 0.4) is 0 Å². The molecule has 1 amide bonds. The van der Waals surface area contributed by atoms with E-state index in [-0.39, 0.29) is 23.0 Å². The summed E-state index contributed by atoms with van der Waals surface area (Å²) in [5.41, 5.74) is 10.3. The van der Waals surface area contributed by atoms with Crippen molar-refractivity contribution in [1.29, 1.82) is 0 Å². The molecule has 0 spiro atoms. The summed E-state index contributed by atoms with van der Waals surface area (Å²) >= 11 is 5.93. The minimum atomic E-state index is -3.76. The van der Waals surface area contributed by atoms with Crippen LogP contribution in [0.2, 0.25) is 5.02 Å². The van der Waals surface area contributed by atoms with Crippen molar-refractivity contribution in [2.24, 2.45) is 16.9 Å². The minimum absolute atomic E-state index is 0.0139. The van der Waals surface area contributed by atoms with Crippen molar-refractivity contribution < 1.29 is 13.2 Å². The van der Waals surface area contributed by atoms with E-state index in [1.807, 2.05) is 0 Å². The lowest BCUT2D eigenvalue weighted by molar-refractivity contribution is -0.125. The molecule has 0 aliphatic rings. The monoisotopic (exact) mass is 319 g/mol. The number of hydrogen-bond acceptors (Lipinski definition) is 4. The predicted molar refractivity (Wildman–Crippen MR) is 77.5 cm³/mol. The number of benzene rings is 1. The van der Waals surface area contributed by atoms with Crippen molar-refractivity contribution >= 4 is 27.5 Å². The molecule has 0 heterocycles. The zero-order valence-corrected chi connectivity index (χ0v) is 12.9. The van der Waals surface area contributed by atoms with Crippen LogP contribution in [0.15, 0.2) is 23.1 Å². The fraction of sp³-hybridized carbons (Fsp3) is 0.417. The average Bonchev–Trinajstić information content (AvgIpc) is 2.36. The van der Waals surface area contributed by atoms with E-state index >= 15 is 0 Å². The third kappa shape index (κ3) is 3.92. The van der Waals surface area contributed by atoms with Crippen molar-refractivity contribution in [3.05, 3.63) is 28.8 Å². The Hall–Kier alpha value is -1.15. The van der Waals surface area contributed by atoms with Crippen molar-refractivity contribution in [3.8, 4) is 0 Å². The second kappa shape index (κ2) is 6.09. The van der Waals surface area contributed by atoms with Crippen molar-refractivity contribution in [2.45, 2.75) is 25.3 Å². The van der Waals surface area contributed by atoms with E-state index in [4.69, 9.17) is 23.1 Å². The predicted octanol–water partition coefficient (Wildman–Crippen LogP) is 0.589. The Balaban J connectivity index is 2.95. The van der Waals surface area contributed by atoms with E-state index in [0.29, 0.717) is 5.56 Å². The van der Waals surface area contributed by atoms with Crippen LogP contribution in [-0.4, -0.2) is 20.9 Å². The average molecular weight is 320 g/mol. The van der Waals surface area contributed by atoms with Crippen LogP contribution in [0.25, 0.3) is 0 Å². The molecule has 1 rings (SSSR count). The van der Waals surface area contributed by atoms with Crippen LogP contribution in [0.1, 0.15) is 19.4 Å². The smallest absolute Gasteiger partial charge is 0.240 e. The van der Waals surface area contributed by atoms with Crippen molar-refractivity contribution in [1.82, 2.24) is 4.72 Å². The van der Waals surface area contributed by atoms with Gasteiger partial charge in [0.25, 0.3) is 0 Å². The highest BCUT2D eigenvalue weighted by Gasteiger charge is 2.27. The molecule has 0 saturated heterocycles. The van der Waals surface area contributed by atoms with E-state index < -0.39 is 21.3 Å². The Morgan fingerprint density at radius 1 is 1.40 bits per heavy atom. The van der Waals surface area contributed by atoms with Crippen LogP contribution in [0, 0.1) is 5.41 Å². The molecule has 0 aliphatic heterocycles. The second-order valence-electron chi connectivity index (χ2n) is 5.03. The summed E-state index contributed by atoms with van der Waals surface area (Å²) in [5, 5.41) is 0.282. The largest absolute Gasteiger partial charge is 0.369 e. The first-order valence-corrected chi connectivity index (χ1v) is 7.74. The maximum atomic E-state index is 12.1. The van der Waals surface area contributed by atoms with E-state index in [1.165, 1.54) is 12.1 Å². The molecule has 20 heavy (non-hydrogen) atoms. The number of amides is 1. The van der Waals surface area contributed by atoms with E-state index in [1.54, 1.807) is 19.9 Å². The van der Waals surface area contributed by atoms with Gasteiger partial charge < -0.3 is 11.5 Å². The molecule has 0 unspecified atom stereocenters. The number of primary amides is 1. The number of carbonyl (C=O) groups is 1. The summed E-state index contributed by atoms with van der Waals surface area (Å²) in [5.74, 6) is -0.586. The molecule has 1 aromatic rings. The zero-order valence-electron chi connectivity index (χ0n) is 11.3. The van der Waals surface area contributed by atoms with Gasteiger partial charge in [0.1, 0.15) is 0 Å². The lowest BCUT2D eigenvalue weighted by atomic mass is 9.93. The highest BCUT2D eigenvalue weighted by Crippen LogP contribution is 2.21. The SMILES string of the molecule is CC(C)(CNS(=O)(=O)c1ccc(CN)c(Cl)c1)C(N)=O. The minimum Gasteiger partial charge on any atom is -0.369 e. The van der Waals surface area contributed by atoms with Crippen LogP contribution in [-0.2, 0) is 21.4 Å². The molecule has 0 aliphatic carbocycles. The van der Waals surface area contributed by atoms with Crippen molar-refractivity contribution in [2.75, 3.05) is 6.54 Å². The van der Waals surface area contributed by atoms with Gasteiger partial charge in [0.2, 0.25) is 15.9 Å². The number of hydrogen-bond donors (Lipinski definition) is 3. The van der Waals surface area contributed by atoms with Crippen LogP contribution < -0.4 is 16.2 Å². The van der Waals surface area contributed by atoms with E-state index in [9.17, 15) is 13.2 Å². The summed E-state index contributed by atoms with van der Waals surface area (Å²) in [6.45, 7) is 3.24. The van der Waals surface area contributed by atoms with E-state index in [2.05, 4.69) is 4.72 Å². The molecule has 1 aromatic carbocycles. The number of rotatable bonds is 6. The normalized spacial score (nSPS) is 12.4. The van der Waals surface area contributed by atoms with Crippen molar-refractivity contribution in [3.63, 3.8) is 0 Å². The van der Waals surface area contributed by atoms with Gasteiger partial charge in [0, 0.05) is 18.1 Å². The molecule has 0 bridgehead atoms. The second-order valence-corrected chi connectivity index (χ2v) is 7.20. The Morgan fingerprint density at radius 3 is 2.45 bits per heavy atom. The maximum absolute atomic E-state index is 12.1. The van der Waals surface area contributed by atoms with Gasteiger partial charge in [-0.2, -0.15) is 0 Å². The topological polar surface area (TPSA) is 115 Å². The zero-order chi connectivity index (χ0) is 15.6. The molecule has 8 heteroatoms. The van der Waals surface area contributed by atoms with Crippen LogP contribution >= 0.6 is 11.6 Å². The van der Waals surface area contributed by atoms with Crippen LogP contribution in [0.5, 0.6) is 0 Å². The van der Waals surface area contributed by atoms with Gasteiger partial charge in [-0.25, -0.2) is 13.1 Å². The molecule has 0 saturated carbocycles. The van der Waals surface area contributed by atoms with E-state index in [0.717, 1.165) is 0 Å². The van der Waals surface area contributed by atoms with Gasteiger partial charge in [-0.3, -0.25) is 4.79 Å². The first kappa shape index (κ1) is 16.9. The quantitative estimate of drug-likeness (QED) is 0.711. The summed E-state index contributed by atoms with van der Waals surface area (Å²) in [7, 11) is -3.76. The fourth-order valence-electron chi connectivity index (χ4n) is 1.31. The van der Waals surface area contributed by atoms with Gasteiger partial charge >= 0.3 is 0 Å². The first-order chi connectivity index (χ1) is 9.10. The number of nitrogens with two attached hydrogens (primary N) is 2. The number of carbonyl (C=O) groups excluding carboxylic acids is 1. The van der Waals surface area contributed by atoms with Gasteiger partial charge in [-0.05, 0) is 31.5 Å². The molecule has 0 radical (unpaired) electrons. The Kier molecular flexibility index (Phi) is 5.15. The lowest BCUT2D eigenvalue weighted by Crippen LogP contribution is -2.42. The van der Waals surface area contributed by atoms with Crippen LogP contribution in [0.4, 0.5) is 0 Å². The summed E-state index contributed by atoms with van der Waals surface area (Å²) in [6, 6.07) is 4.28. The molecule has 112 valence electrons. The Morgan fingerprint density at radius 2 is 2.00 bits per heavy atom. The summed E-state index contributed by atoms with van der Waals surface area (Å²) in [4.78, 5) is 11.2. The summed E-state index contributed by atoms with van der Waals surface area (Å²) < 4.78 is 26.5. The van der Waals surface area contributed by atoms with Gasteiger partial charge in [0.05, 0.1) is 10.3 Å². The van der Waals surface area contributed by atoms with Gasteiger partial charge in [-0.1, -0.05) is 17.7 Å². The number of nitrogens with one attached hydrogen (secondary N) is 1. The molecule has 0 atom stereocenters. The maximum Gasteiger partial charge on any atom is 0.240 e. The fourth-order valence-corrected chi connectivity index (χ4v) is 2.87. The third-order valence-electron chi connectivity index (χ3n) is 2.93. The molecule has 0 fully saturated rings. The summed E-state index contributed by atoms with van der Waals surface area (Å²) in [6.07, 6.45) is 0. The highest BCUT2D eigenvalue weighted by molar-refractivity contribution is 7.89. The molecular formula is C12H18ClN3O3S. The molecular weight excluding hydrogens is 302 g/mol. The first-order valence-electron chi connectivity index (χ1n) is 5.88.